The summed E-state index contributed by atoms with van der Waals surface area (Å²) in [6.07, 6.45) is 0. The monoisotopic (exact) mass is 281 g/mol. The van der Waals surface area contributed by atoms with Crippen LogP contribution in [0, 0.1) is 16.7 Å². The Kier molecular flexibility index (Phi) is 3.86. The fourth-order valence-corrected chi connectivity index (χ4v) is 2.35. The minimum Gasteiger partial charge on any atom is -0.411 e. The third kappa shape index (κ3) is 2.82. The summed E-state index contributed by atoms with van der Waals surface area (Å²) in [7, 11) is 1.87. The molecular weight excluding hydrogens is 262 g/mol. The zero-order valence-electron chi connectivity index (χ0n) is 12.8. The van der Waals surface area contributed by atoms with Gasteiger partial charge in [-0.15, -0.1) is 0 Å². The van der Waals surface area contributed by atoms with E-state index in [2.05, 4.69) is 11.2 Å². The van der Waals surface area contributed by atoms with Gasteiger partial charge in [-0.2, -0.15) is 5.26 Å². The van der Waals surface area contributed by atoms with Gasteiger partial charge in [-0.1, -0.05) is 50.2 Å². The van der Waals surface area contributed by atoms with E-state index in [4.69, 9.17) is 5.26 Å². The Balaban J connectivity index is 2.40. The van der Waals surface area contributed by atoms with Gasteiger partial charge in [-0.25, -0.2) is 0 Å². The van der Waals surface area contributed by atoms with Crippen LogP contribution in [0.4, 0.5) is 0 Å². The molecule has 0 atom stereocenters. The number of benzene rings is 1. The van der Waals surface area contributed by atoms with Crippen molar-refractivity contribution < 1.29 is 5.21 Å². The summed E-state index contributed by atoms with van der Waals surface area (Å²) in [6, 6.07) is 13.7. The zero-order valence-corrected chi connectivity index (χ0v) is 12.8. The lowest BCUT2D eigenvalue weighted by Gasteiger charge is -2.20. The average Bonchev–Trinajstić information content (AvgIpc) is 2.80. The molecule has 0 radical (unpaired) electrons. The highest BCUT2D eigenvalue weighted by atomic mass is 16.4. The lowest BCUT2D eigenvalue weighted by molar-refractivity contribution is 0.311. The van der Waals surface area contributed by atoms with E-state index < -0.39 is 0 Å². The van der Waals surface area contributed by atoms with Crippen LogP contribution in [0.3, 0.4) is 0 Å². The molecule has 0 aliphatic rings. The summed E-state index contributed by atoms with van der Waals surface area (Å²) in [5.74, 6) is 0. The summed E-state index contributed by atoms with van der Waals surface area (Å²) in [4.78, 5) is 0. The second-order valence-corrected chi connectivity index (χ2v) is 6.05. The summed E-state index contributed by atoms with van der Waals surface area (Å²) in [5, 5.41) is 21.7. The maximum absolute atomic E-state index is 9.23. The molecule has 0 aliphatic heterocycles. The number of oxime groups is 1. The highest BCUT2D eigenvalue weighted by Crippen LogP contribution is 2.25. The van der Waals surface area contributed by atoms with Gasteiger partial charge in [0.05, 0.1) is 5.71 Å². The number of hydrogen-bond donors (Lipinski definition) is 1. The molecule has 1 N–H and O–H groups in total. The summed E-state index contributed by atoms with van der Waals surface area (Å²) in [5.41, 5.74) is 3.95. The van der Waals surface area contributed by atoms with E-state index in [1.165, 1.54) is 0 Å². The standard InChI is InChI=1S/C17H19N3O/c1-17(2,3)16(19-21)13-7-5-12(6-8-13)15-10-9-14(11-18)20(15)4/h5-10,21H,1-4H3/b19-16+. The van der Waals surface area contributed by atoms with Gasteiger partial charge >= 0.3 is 0 Å². The average molecular weight is 281 g/mol. The van der Waals surface area contributed by atoms with E-state index in [1.807, 2.05) is 62.7 Å². The maximum atomic E-state index is 9.23. The predicted octanol–water partition coefficient (Wildman–Crippen LogP) is 3.79. The molecule has 1 heterocycles. The van der Waals surface area contributed by atoms with E-state index in [1.54, 1.807) is 6.07 Å². The molecule has 108 valence electrons. The minimum absolute atomic E-state index is 0.227. The number of nitrogens with zero attached hydrogens (tertiary/aromatic N) is 3. The lowest BCUT2D eigenvalue weighted by Crippen LogP contribution is -2.21. The van der Waals surface area contributed by atoms with Crippen LogP contribution in [-0.2, 0) is 7.05 Å². The number of hydrogen-bond acceptors (Lipinski definition) is 3. The first kappa shape index (κ1) is 14.9. The Morgan fingerprint density at radius 1 is 1.14 bits per heavy atom. The molecule has 1 aromatic carbocycles. The minimum atomic E-state index is -0.227. The first-order valence-corrected chi connectivity index (χ1v) is 6.77. The molecule has 0 spiro atoms. The van der Waals surface area contributed by atoms with Gasteiger partial charge in [0, 0.05) is 18.2 Å². The molecule has 0 fully saturated rings. The molecule has 0 unspecified atom stereocenters. The molecule has 4 nitrogen and oxygen atoms in total. The van der Waals surface area contributed by atoms with Gasteiger partial charge in [0.1, 0.15) is 11.8 Å². The normalized spacial score (nSPS) is 12.2. The molecule has 0 bridgehead atoms. The third-order valence-electron chi connectivity index (χ3n) is 3.50. The summed E-state index contributed by atoms with van der Waals surface area (Å²) >= 11 is 0. The maximum Gasteiger partial charge on any atom is 0.120 e. The van der Waals surface area contributed by atoms with Gasteiger partial charge in [0.25, 0.3) is 0 Å². The Hall–Kier alpha value is -2.54. The molecule has 0 saturated heterocycles. The summed E-state index contributed by atoms with van der Waals surface area (Å²) in [6.45, 7) is 6.02. The van der Waals surface area contributed by atoms with Crippen LogP contribution >= 0.6 is 0 Å². The Labute approximate surface area is 124 Å². The molecule has 4 heteroatoms. The van der Waals surface area contributed by atoms with Crippen molar-refractivity contribution in [3.05, 3.63) is 47.7 Å². The molecule has 0 aliphatic carbocycles. The molecule has 1 aromatic heterocycles. The SMILES string of the molecule is Cn1c(C#N)ccc1-c1ccc(/C(=N\O)C(C)(C)C)cc1. The van der Waals surface area contributed by atoms with E-state index in [-0.39, 0.29) is 5.41 Å². The van der Waals surface area contributed by atoms with Crippen molar-refractivity contribution >= 4 is 5.71 Å². The van der Waals surface area contributed by atoms with Crippen molar-refractivity contribution in [3.63, 3.8) is 0 Å². The summed E-state index contributed by atoms with van der Waals surface area (Å²) < 4.78 is 1.86. The van der Waals surface area contributed by atoms with Crippen molar-refractivity contribution in [1.82, 2.24) is 4.57 Å². The third-order valence-corrected chi connectivity index (χ3v) is 3.50. The fourth-order valence-electron chi connectivity index (χ4n) is 2.35. The predicted molar refractivity (Wildman–Crippen MR) is 83.3 cm³/mol. The highest BCUT2D eigenvalue weighted by Gasteiger charge is 2.21. The van der Waals surface area contributed by atoms with Crippen molar-refractivity contribution in [2.75, 3.05) is 0 Å². The smallest absolute Gasteiger partial charge is 0.120 e. The van der Waals surface area contributed by atoms with E-state index in [0.717, 1.165) is 16.8 Å². The Morgan fingerprint density at radius 3 is 2.19 bits per heavy atom. The van der Waals surface area contributed by atoms with Crippen LogP contribution in [0.5, 0.6) is 0 Å². The molecular formula is C17H19N3O. The topological polar surface area (TPSA) is 61.3 Å². The van der Waals surface area contributed by atoms with Crippen LogP contribution in [0.1, 0.15) is 32.0 Å². The molecule has 21 heavy (non-hydrogen) atoms. The first-order valence-electron chi connectivity index (χ1n) is 6.77. The van der Waals surface area contributed by atoms with Gasteiger partial charge < -0.3 is 9.77 Å². The first-order chi connectivity index (χ1) is 9.88. The number of nitriles is 1. The van der Waals surface area contributed by atoms with Gasteiger partial charge in [-0.3, -0.25) is 0 Å². The highest BCUT2D eigenvalue weighted by molar-refractivity contribution is 6.04. The van der Waals surface area contributed by atoms with Crippen LogP contribution in [0.25, 0.3) is 11.3 Å². The van der Waals surface area contributed by atoms with Crippen LogP contribution in [0.2, 0.25) is 0 Å². The van der Waals surface area contributed by atoms with E-state index >= 15 is 0 Å². The van der Waals surface area contributed by atoms with Crippen molar-refractivity contribution in [2.24, 2.45) is 17.6 Å². The molecule has 2 rings (SSSR count). The molecule has 2 aromatic rings. The Bertz CT molecular complexity index is 710. The van der Waals surface area contributed by atoms with Gasteiger partial charge in [0.2, 0.25) is 0 Å². The zero-order chi connectivity index (χ0) is 15.6. The number of rotatable bonds is 2. The lowest BCUT2D eigenvalue weighted by atomic mass is 9.85. The quantitative estimate of drug-likeness (QED) is 0.517. The van der Waals surface area contributed by atoms with Gasteiger partial charge in [0.15, 0.2) is 0 Å². The van der Waals surface area contributed by atoms with Crippen molar-refractivity contribution in [3.8, 4) is 17.3 Å². The number of aromatic nitrogens is 1. The molecule has 0 amide bonds. The molecule has 0 saturated carbocycles. The van der Waals surface area contributed by atoms with E-state index in [9.17, 15) is 5.21 Å². The second-order valence-electron chi connectivity index (χ2n) is 6.05. The van der Waals surface area contributed by atoms with Crippen LogP contribution in [0.15, 0.2) is 41.6 Å². The second kappa shape index (κ2) is 5.45. The van der Waals surface area contributed by atoms with Crippen LogP contribution in [-0.4, -0.2) is 15.5 Å². The van der Waals surface area contributed by atoms with E-state index in [0.29, 0.717) is 11.4 Å². The Morgan fingerprint density at radius 2 is 1.76 bits per heavy atom. The van der Waals surface area contributed by atoms with Crippen molar-refractivity contribution in [2.45, 2.75) is 20.8 Å². The van der Waals surface area contributed by atoms with Crippen LogP contribution < -0.4 is 0 Å². The van der Waals surface area contributed by atoms with Crippen molar-refractivity contribution in [1.29, 1.82) is 5.26 Å². The van der Waals surface area contributed by atoms with Gasteiger partial charge in [-0.05, 0) is 23.3 Å². The largest absolute Gasteiger partial charge is 0.411 e. The fraction of sp³-hybridized carbons (Fsp3) is 0.294.